The van der Waals surface area contributed by atoms with Crippen LogP contribution in [0.4, 0.5) is 0 Å². The highest BCUT2D eigenvalue weighted by Gasteiger charge is 2.40. The van der Waals surface area contributed by atoms with E-state index in [0.717, 1.165) is 0 Å². The Morgan fingerprint density at radius 2 is 2.00 bits per heavy atom. The number of likely N-dealkylation sites (tertiary alicyclic amines) is 1. The SMILES string of the molecule is COc1cccc(C(=O)N[C@H](C(=O)N2CCC[C@H]2C(=O)N[C@@H]2COC(=O)C2)C(C)C)c1C. The topological polar surface area (TPSA) is 114 Å². The van der Waals surface area contributed by atoms with Crippen molar-refractivity contribution in [3.8, 4) is 5.75 Å². The van der Waals surface area contributed by atoms with Gasteiger partial charge in [0.2, 0.25) is 11.8 Å². The first kappa shape index (κ1) is 23.6. The zero-order valence-electron chi connectivity index (χ0n) is 19.0. The molecule has 0 radical (unpaired) electrons. The number of nitrogens with zero attached hydrogens (tertiary/aromatic N) is 1. The van der Waals surface area contributed by atoms with Crippen molar-refractivity contribution in [1.82, 2.24) is 15.5 Å². The highest BCUT2D eigenvalue weighted by atomic mass is 16.5. The Labute approximate surface area is 187 Å². The first-order chi connectivity index (χ1) is 15.2. The van der Waals surface area contributed by atoms with Gasteiger partial charge in [0, 0.05) is 17.7 Å². The fourth-order valence-corrected chi connectivity index (χ4v) is 4.20. The van der Waals surface area contributed by atoms with Gasteiger partial charge < -0.3 is 25.0 Å². The number of carbonyl (C=O) groups is 4. The molecule has 2 fully saturated rings. The van der Waals surface area contributed by atoms with Gasteiger partial charge in [-0.2, -0.15) is 0 Å². The van der Waals surface area contributed by atoms with Crippen LogP contribution in [0.25, 0.3) is 0 Å². The Hall–Kier alpha value is -3.10. The number of nitrogens with one attached hydrogen (secondary N) is 2. The number of cyclic esters (lactones) is 1. The van der Waals surface area contributed by atoms with Crippen LogP contribution < -0.4 is 15.4 Å². The fraction of sp³-hybridized carbons (Fsp3) is 0.565. The average Bonchev–Trinajstić information content (AvgIpc) is 3.40. The van der Waals surface area contributed by atoms with E-state index in [1.807, 2.05) is 13.8 Å². The lowest BCUT2D eigenvalue weighted by Crippen LogP contribution is -2.56. The van der Waals surface area contributed by atoms with E-state index in [4.69, 9.17) is 9.47 Å². The second-order valence-corrected chi connectivity index (χ2v) is 8.61. The predicted molar refractivity (Wildman–Crippen MR) is 116 cm³/mol. The molecular weight excluding hydrogens is 414 g/mol. The van der Waals surface area contributed by atoms with Crippen molar-refractivity contribution in [1.29, 1.82) is 0 Å². The van der Waals surface area contributed by atoms with Crippen LogP contribution in [0.15, 0.2) is 18.2 Å². The highest BCUT2D eigenvalue weighted by molar-refractivity contribution is 6.00. The van der Waals surface area contributed by atoms with Crippen LogP contribution in [0, 0.1) is 12.8 Å². The molecule has 0 saturated carbocycles. The predicted octanol–water partition coefficient (Wildman–Crippen LogP) is 1.18. The molecule has 32 heavy (non-hydrogen) atoms. The van der Waals surface area contributed by atoms with Gasteiger partial charge in [-0.3, -0.25) is 19.2 Å². The van der Waals surface area contributed by atoms with Crippen LogP contribution in [-0.2, 0) is 19.1 Å². The fourth-order valence-electron chi connectivity index (χ4n) is 4.20. The van der Waals surface area contributed by atoms with Gasteiger partial charge in [-0.15, -0.1) is 0 Å². The molecule has 3 rings (SSSR count). The van der Waals surface area contributed by atoms with E-state index in [1.165, 1.54) is 12.0 Å². The summed E-state index contributed by atoms with van der Waals surface area (Å²) >= 11 is 0. The van der Waals surface area contributed by atoms with E-state index >= 15 is 0 Å². The van der Waals surface area contributed by atoms with Gasteiger partial charge in [-0.25, -0.2) is 0 Å². The molecule has 1 aromatic carbocycles. The minimum atomic E-state index is -0.780. The van der Waals surface area contributed by atoms with E-state index in [2.05, 4.69) is 10.6 Å². The Bertz CT molecular complexity index is 900. The van der Waals surface area contributed by atoms with E-state index in [-0.39, 0.29) is 48.7 Å². The molecule has 2 aliphatic heterocycles. The number of rotatable bonds is 7. The standard InChI is InChI=1S/C23H31N3O6/c1-13(2)20(25-21(28)16-7-5-9-18(31-4)14(16)3)23(30)26-10-6-8-17(26)22(29)24-15-11-19(27)32-12-15/h5,7,9,13,15,17,20H,6,8,10-12H2,1-4H3,(H,24,29)(H,25,28)/t15-,17-,20-/m0/s1. The Balaban J connectivity index is 1.71. The van der Waals surface area contributed by atoms with Gasteiger partial charge in [0.1, 0.15) is 24.4 Å². The molecule has 174 valence electrons. The summed E-state index contributed by atoms with van der Waals surface area (Å²) in [6.45, 7) is 6.09. The third kappa shape index (κ3) is 5.03. The van der Waals surface area contributed by atoms with Crippen molar-refractivity contribution in [3.05, 3.63) is 29.3 Å². The van der Waals surface area contributed by atoms with Crippen molar-refractivity contribution >= 4 is 23.7 Å². The summed E-state index contributed by atoms with van der Waals surface area (Å²) in [7, 11) is 1.54. The summed E-state index contributed by atoms with van der Waals surface area (Å²) in [5.74, 6) is -0.875. The minimum Gasteiger partial charge on any atom is -0.496 e. The lowest BCUT2D eigenvalue weighted by molar-refractivity contribution is -0.140. The number of hydrogen-bond donors (Lipinski definition) is 2. The summed E-state index contributed by atoms with van der Waals surface area (Å²) in [6.07, 6.45) is 1.36. The average molecular weight is 446 g/mol. The molecule has 9 nitrogen and oxygen atoms in total. The van der Waals surface area contributed by atoms with E-state index < -0.39 is 12.1 Å². The van der Waals surface area contributed by atoms with Gasteiger partial charge in [-0.05, 0) is 37.8 Å². The number of amides is 3. The zero-order valence-corrected chi connectivity index (χ0v) is 19.0. The maximum Gasteiger partial charge on any atom is 0.308 e. The molecule has 3 atom stereocenters. The number of hydrogen-bond acceptors (Lipinski definition) is 6. The van der Waals surface area contributed by atoms with Crippen molar-refractivity contribution < 1.29 is 28.7 Å². The van der Waals surface area contributed by atoms with Gasteiger partial charge >= 0.3 is 5.97 Å². The molecule has 0 bridgehead atoms. The van der Waals surface area contributed by atoms with Crippen LogP contribution in [0.2, 0.25) is 0 Å². The zero-order chi connectivity index (χ0) is 23.4. The summed E-state index contributed by atoms with van der Waals surface area (Å²) in [5.41, 5.74) is 1.12. The lowest BCUT2D eigenvalue weighted by Gasteiger charge is -2.31. The maximum absolute atomic E-state index is 13.4. The van der Waals surface area contributed by atoms with Crippen molar-refractivity contribution in [2.75, 3.05) is 20.3 Å². The highest BCUT2D eigenvalue weighted by Crippen LogP contribution is 2.23. The molecule has 0 aromatic heterocycles. The lowest BCUT2D eigenvalue weighted by atomic mass is 10.0. The molecule has 1 aromatic rings. The van der Waals surface area contributed by atoms with Crippen LogP contribution in [0.1, 0.15) is 49.0 Å². The quantitative estimate of drug-likeness (QED) is 0.610. The molecule has 0 unspecified atom stereocenters. The largest absolute Gasteiger partial charge is 0.496 e. The van der Waals surface area contributed by atoms with Gasteiger partial charge in [0.15, 0.2) is 0 Å². The van der Waals surface area contributed by atoms with E-state index in [9.17, 15) is 19.2 Å². The summed E-state index contributed by atoms with van der Waals surface area (Å²) in [4.78, 5) is 52.0. The second-order valence-electron chi connectivity index (χ2n) is 8.61. The normalized spacial score (nSPS) is 21.3. The molecule has 2 N–H and O–H groups in total. The van der Waals surface area contributed by atoms with Gasteiger partial charge in [0.25, 0.3) is 5.91 Å². The van der Waals surface area contributed by atoms with Crippen molar-refractivity contribution in [2.45, 2.75) is 58.2 Å². The Kier molecular flexibility index (Phi) is 7.37. The monoisotopic (exact) mass is 445 g/mol. The van der Waals surface area contributed by atoms with Gasteiger partial charge in [0.05, 0.1) is 19.6 Å². The second kappa shape index (κ2) is 10.0. The number of methoxy groups -OCH3 is 1. The van der Waals surface area contributed by atoms with Crippen LogP contribution in [0.3, 0.4) is 0 Å². The molecule has 0 aliphatic carbocycles. The van der Waals surface area contributed by atoms with E-state index in [1.54, 1.807) is 25.1 Å². The maximum atomic E-state index is 13.4. The minimum absolute atomic E-state index is 0.136. The molecule has 2 aliphatic rings. The third-order valence-electron chi connectivity index (χ3n) is 6.01. The first-order valence-electron chi connectivity index (χ1n) is 10.9. The molecule has 3 amide bonds. The molecule has 9 heteroatoms. The van der Waals surface area contributed by atoms with Crippen LogP contribution in [0.5, 0.6) is 5.75 Å². The summed E-state index contributed by atoms with van der Waals surface area (Å²) in [5, 5.41) is 5.67. The number of ether oxygens (including phenoxy) is 2. The van der Waals surface area contributed by atoms with Crippen molar-refractivity contribution in [2.24, 2.45) is 5.92 Å². The Morgan fingerprint density at radius 3 is 2.62 bits per heavy atom. The summed E-state index contributed by atoms with van der Waals surface area (Å²) < 4.78 is 10.2. The number of esters is 1. The van der Waals surface area contributed by atoms with Crippen LogP contribution >= 0.6 is 0 Å². The number of benzene rings is 1. The molecule has 2 saturated heterocycles. The molecular formula is C23H31N3O6. The summed E-state index contributed by atoms with van der Waals surface area (Å²) in [6, 6.07) is 3.40. The van der Waals surface area contributed by atoms with E-state index in [0.29, 0.717) is 36.3 Å². The number of carbonyl (C=O) groups excluding carboxylic acids is 4. The first-order valence-corrected chi connectivity index (χ1v) is 10.9. The Morgan fingerprint density at radius 1 is 1.25 bits per heavy atom. The molecule has 2 heterocycles. The van der Waals surface area contributed by atoms with Crippen LogP contribution in [-0.4, -0.2) is 67.0 Å². The van der Waals surface area contributed by atoms with Gasteiger partial charge in [-0.1, -0.05) is 19.9 Å². The third-order valence-corrected chi connectivity index (χ3v) is 6.01. The smallest absolute Gasteiger partial charge is 0.308 e. The molecule has 0 spiro atoms. The van der Waals surface area contributed by atoms with Crippen molar-refractivity contribution in [3.63, 3.8) is 0 Å².